The first-order valence-electron chi connectivity index (χ1n) is 10.0. The molecule has 0 radical (unpaired) electrons. The Morgan fingerprint density at radius 2 is 1.75 bits per heavy atom. The van der Waals surface area contributed by atoms with Gasteiger partial charge in [0.15, 0.2) is 0 Å². The second-order valence-electron chi connectivity index (χ2n) is 7.60. The van der Waals surface area contributed by atoms with Crippen LogP contribution < -0.4 is 5.32 Å². The van der Waals surface area contributed by atoms with Crippen LogP contribution in [0.3, 0.4) is 0 Å². The first-order chi connectivity index (χ1) is 15.1. The number of hydrogen-bond donors (Lipinski definition) is 1. The predicted octanol–water partition coefficient (Wildman–Crippen LogP) is 5.00. The van der Waals surface area contributed by atoms with Crippen molar-refractivity contribution in [1.82, 2.24) is 19.6 Å². The van der Waals surface area contributed by atoms with Crippen LogP contribution in [-0.4, -0.2) is 30.4 Å². The Hall–Kier alpha value is -2.91. The summed E-state index contributed by atoms with van der Waals surface area (Å²) in [5, 5.41) is 23.8. The number of carbonyl (C=O) groups excluding carboxylic acids is 1. The van der Waals surface area contributed by atoms with E-state index in [0.29, 0.717) is 52.3 Å². The molecule has 2 heterocycles. The minimum atomic E-state index is -0.428. The number of amides is 1. The molecule has 0 spiro atoms. The lowest BCUT2D eigenvalue weighted by molar-refractivity contribution is -0.386. The van der Waals surface area contributed by atoms with E-state index in [0.717, 1.165) is 11.3 Å². The highest BCUT2D eigenvalue weighted by atomic mass is 35.5. The van der Waals surface area contributed by atoms with Crippen LogP contribution >= 0.6 is 23.2 Å². The standard InChI is InChI=1S/C21H24Cl2N6O3/c1-12-20(14(3)28(25-12)11-16-7-8-17(22)18(23)10-16)24-19(30)6-5-9-27-15(4)21(29(31)32)13(2)26-27/h7-8,10H,5-6,9,11H2,1-4H3,(H,24,30). The van der Waals surface area contributed by atoms with Crippen molar-refractivity contribution >= 4 is 40.5 Å². The lowest BCUT2D eigenvalue weighted by Crippen LogP contribution is -2.14. The molecule has 2 aromatic heterocycles. The molecule has 1 aromatic carbocycles. The largest absolute Gasteiger partial charge is 0.323 e. The summed E-state index contributed by atoms with van der Waals surface area (Å²) in [7, 11) is 0. The molecule has 3 rings (SSSR count). The van der Waals surface area contributed by atoms with E-state index in [9.17, 15) is 14.9 Å². The minimum Gasteiger partial charge on any atom is -0.323 e. The molecule has 32 heavy (non-hydrogen) atoms. The molecule has 0 saturated heterocycles. The Kier molecular flexibility index (Phi) is 7.20. The Balaban J connectivity index is 1.61. The van der Waals surface area contributed by atoms with E-state index in [1.807, 2.05) is 19.9 Å². The summed E-state index contributed by atoms with van der Waals surface area (Å²) in [4.78, 5) is 23.2. The summed E-state index contributed by atoms with van der Waals surface area (Å²) in [6, 6.07) is 5.42. The number of aryl methyl sites for hydroxylation is 3. The Morgan fingerprint density at radius 3 is 2.38 bits per heavy atom. The average Bonchev–Trinajstić information content (AvgIpc) is 3.14. The minimum absolute atomic E-state index is 0.0232. The van der Waals surface area contributed by atoms with Crippen molar-refractivity contribution in [3.8, 4) is 0 Å². The van der Waals surface area contributed by atoms with Gasteiger partial charge < -0.3 is 5.32 Å². The number of benzene rings is 1. The van der Waals surface area contributed by atoms with Crippen LogP contribution in [-0.2, 0) is 17.9 Å². The number of rotatable bonds is 8. The van der Waals surface area contributed by atoms with Gasteiger partial charge in [-0.2, -0.15) is 10.2 Å². The second-order valence-corrected chi connectivity index (χ2v) is 8.42. The van der Waals surface area contributed by atoms with E-state index in [2.05, 4.69) is 15.5 Å². The van der Waals surface area contributed by atoms with Crippen molar-refractivity contribution in [2.24, 2.45) is 0 Å². The number of anilines is 1. The Morgan fingerprint density at radius 1 is 1.06 bits per heavy atom. The summed E-state index contributed by atoms with van der Waals surface area (Å²) < 4.78 is 3.38. The first-order valence-corrected chi connectivity index (χ1v) is 10.8. The summed E-state index contributed by atoms with van der Waals surface area (Å²) in [6.07, 6.45) is 0.753. The maximum atomic E-state index is 12.5. The number of nitrogens with one attached hydrogen (secondary N) is 1. The topological polar surface area (TPSA) is 108 Å². The van der Waals surface area contributed by atoms with Gasteiger partial charge in [-0.25, -0.2) is 0 Å². The van der Waals surface area contributed by atoms with Gasteiger partial charge in [-0.1, -0.05) is 29.3 Å². The van der Waals surface area contributed by atoms with E-state index in [1.165, 1.54) is 0 Å². The zero-order valence-electron chi connectivity index (χ0n) is 18.3. The quantitative estimate of drug-likeness (QED) is 0.362. The average molecular weight is 479 g/mol. The normalized spacial score (nSPS) is 11.1. The summed E-state index contributed by atoms with van der Waals surface area (Å²) in [5.41, 5.74) is 4.05. The zero-order chi connectivity index (χ0) is 23.6. The molecule has 0 unspecified atom stereocenters. The van der Waals surface area contributed by atoms with Crippen LogP contribution in [0, 0.1) is 37.8 Å². The molecule has 0 aliphatic heterocycles. The van der Waals surface area contributed by atoms with E-state index < -0.39 is 4.92 Å². The highest BCUT2D eigenvalue weighted by Gasteiger charge is 2.21. The van der Waals surface area contributed by atoms with Gasteiger partial charge in [-0.05, 0) is 51.8 Å². The fourth-order valence-corrected chi connectivity index (χ4v) is 3.92. The van der Waals surface area contributed by atoms with E-state index in [1.54, 1.807) is 35.3 Å². The molecule has 0 aliphatic rings. The van der Waals surface area contributed by atoms with Crippen LogP contribution in [0.5, 0.6) is 0 Å². The highest BCUT2D eigenvalue weighted by Crippen LogP contribution is 2.25. The molecule has 0 bridgehead atoms. The molecule has 3 aromatic rings. The van der Waals surface area contributed by atoms with Gasteiger partial charge >= 0.3 is 5.69 Å². The van der Waals surface area contributed by atoms with Gasteiger partial charge in [0.25, 0.3) is 0 Å². The van der Waals surface area contributed by atoms with Gasteiger partial charge in [0.1, 0.15) is 11.4 Å². The molecule has 0 saturated carbocycles. The van der Waals surface area contributed by atoms with Crippen LogP contribution in [0.4, 0.5) is 11.4 Å². The molecule has 1 amide bonds. The smallest absolute Gasteiger partial charge is 0.312 e. The predicted molar refractivity (Wildman–Crippen MR) is 123 cm³/mol. The third-order valence-electron chi connectivity index (χ3n) is 5.26. The number of nitrogens with zero attached hydrogens (tertiary/aromatic N) is 5. The van der Waals surface area contributed by atoms with Crippen molar-refractivity contribution in [3.05, 3.63) is 66.7 Å². The number of carbonyl (C=O) groups is 1. The van der Waals surface area contributed by atoms with Gasteiger partial charge in [0.05, 0.1) is 38.6 Å². The second kappa shape index (κ2) is 9.70. The molecule has 9 nitrogen and oxygen atoms in total. The summed E-state index contributed by atoms with van der Waals surface area (Å²) in [6.45, 7) is 7.91. The van der Waals surface area contributed by atoms with Crippen molar-refractivity contribution < 1.29 is 9.72 Å². The van der Waals surface area contributed by atoms with E-state index >= 15 is 0 Å². The van der Waals surface area contributed by atoms with Crippen LogP contribution in [0.15, 0.2) is 18.2 Å². The number of hydrogen-bond acceptors (Lipinski definition) is 5. The Labute approximate surface area is 195 Å². The fraction of sp³-hybridized carbons (Fsp3) is 0.381. The summed E-state index contributed by atoms with van der Waals surface area (Å²) in [5.74, 6) is -0.152. The van der Waals surface area contributed by atoms with Crippen LogP contribution in [0.2, 0.25) is 10.0 Å². The Bertz CT molecular complexity index is 1180. The highest BCUT2D eigenvalue weighted by molar-refractivity contribution is 6.42. The van der Waals surface area contributed by atoms with E-state index in [-0.39, 0.29) is 18.0 Å². The number of aromatic nitrogens is 4. The van der Waals surface area contributed by atoms with Gasteiger partial charge in [0, 0.05) is 13.0 Å². The van der Waals surface area contributed by atoms with Crippen molar-refractivity contribution in [3.63, 3.8) is 0 Å². The monoisotopic (exact) mass is 478 g/mol. The maximum absolute atomic E-state index is 12.5. The molecule has 170 valence electrons. The van der Waals surface area contributed by atoms with E-state index in [4.69, 9.17) is 23.2 Å². The van der Waals surface area contributed by atoms with Crippen LogP contribution in [0.25, 0.3) is 0 Å². The zero-order valence-corrected chi connectivity index (χ0v) is 19.8. The maximum Gasteiger partial charge on any atom is 0.312 e. The number of halogens is 2. The SMILES string of the molecule is Cc1nn(Cc2ccc(Cl)c(Cl)c2)c(C)c1NC(=O)CCCn1nc(C)c([N+](=O)[O-])c1C. The molecular weight excluding hydrogens is 455 g/mol. The lowest BCUT2D eigenvalue weighted by atomic mass is 10.2. The van der Waals surface area contributed by atoms with Crippen molar-refractivity contribution in [2.45, 2.75) is 53.6 Å². The van der Waals surface area contributed by atoms with Crippen molar-refractivity contribution in [1.29, 1.82) is 0 Å². The first kappa shape index (κ1) is 23.7. The third kappa shape index (κ3) is 5.11. The lowest BCUT2D eigenvalue weighted by Gasteiger charge is -2.08. The van der Waals surface area contributed by atoms with Crippen LogP contribution in [0.1, 0.15) is 41.2 Å². The number of nitro groups is 1. The van der Waals surface area contributed by atoms with Gasteiger partial charge in [-0.15, -0.1) is 0 Å². The van der Waals surface area contributed by atoms with Gasteiger partial charge in [0.2, 0.25) is 5.91 Å². The summed E-state index contributed by atoms with van der Waals surface area (Å²) >= 11 is 12.1. The molecule has 0 aliphatic carbocycles. The van der Waals surface area contributed by atoms with Gasteiger partial charge in [-0.3, -0.25) is 24.3 Å². The molecule has 1 N–H and O–H groups in total. The fourth-order valence-electron chi connectivity index (χ4n) is 3.60. The molecule has 0 atom stereocenters. The molecule has 0 fully saturated rings. The third-order valence-corrected chi connectivity index (χ3v) is 6.00. The molecular formula is C21H24Cl2N6O3. The van der Waals surface area contributed by atoms with Crippen molar-refractivity contribution in [2.75, 3.05) is 5.32 Å². The molecule has 11 heteroatoms.